The average molecular weight is 250 g/mol. The van der Waals surface area contributed by atoms with Gasteiger partial charge in [0, 0.05) is 0 Å². The molecule has 0 aromatic heterocycles. The standard InChI is InChI=1S/C15H19FO2/c1-10-7-8-11(16)9-14(10)12-5-3-2-4-6-13(12)15(17)18/h7-9,12-13H,2-6H2,1H3,(H,17,18). The zero-order chi connectivity index (χ0) is 13.1. The lowest BCUT2D eigenvalue weighted by Crippen LogP contribution is -2.21. The van der Waals surface area contributed by atoms with Crippen LogP contribution >= 0.6 is 0 Å². The van der Waals surface area contributed by atoms with Crippen molar-refractivity contribution in [2.75, 3.05) is 0 Å². The Hall–Kier alpha value is -1.38. The van der Waals surface area contributed by atoms with Crippen LogP contribution in [0.3, 0.4) is 0 Å². The number of carbonyl (C=O) groups is 1. The molecule has 0 amide bonds. The second kappa shape index (κ2) is 5.51. The van der Waals surface area contributed by atoms with Crippen LogP contribution in [-0.2, 0) is 4.79 Å². The Bertz CT molecular complexity index is 442. The molecule has 0 saturated heterocycles. The maximum absolute atomic E-state index is 13.4. The highest BCUT2D eigenvalue weighted by Gasteiger charge is 2.31. The highest BCUT2D eigenvalue weighted by atomic mass is 19.1. The summed E-state index contributed by atoms with van der Waals surface area (Å²) in [6.45, 7) is 1.93. The van der Waals surface area contributed by atoms with Gasteiger partial charge >= 0.3 is 5.97 Å². The molecule has 2 unspecified atom stereocenters. The molecule has 0 spiro atoms. The second-order valence-electron chi connectivity index (χ2n) is 5.19. The van der Waals surface area contributed by atoms with Crippen molar-refractivity contribution in [1.82, 2.24) is 0 Å². The predicted molar refractivity (Wildman–Crippen MR) is 68.1 cm³/mol. The highest BCUT2D eigenvalue weighted by molar-refractivity contribution is 5.71. The van der Waals surface area contributed by atoms with Crippen molar-refractivity contribution in [2.45, 2.75) is 44.9 Å². The lowest BCUT2D eigenvalue weighted by atomic mass is 9.80. The van der Waals surface area contributed by atoms with Crippen LogP contribution in [-0.4, -0.2) is 11.1 Å². The summed E-state index contributed by atoms with van der Waals surface area (Å²) in [4.78, 5) is 11.4. The highest BCUT2D eigenvalue weighted by Crippen LogP contribution is 2.38. The molecule has 1 N–H and O–H groups in total. The van der Waals surface area contributed by atoms with E-state index in [1.807, 2.05) is 6.92 Å². The van der Waals surface area contributed by atoms with E-state index in [0.29, 0.717) is 6.42 Å². The SMILES string of the molecule is Cc1ccc(F)cc1C1CCCCCC1C(=O)O. The maximum atomic E-state index is 13.4. The van der Waals surface area contributed by atoms with Crippen LogP contribution in [0.15, 0.2) is 18.2 Å². The molecule has 2 rings (SSSR count). The van der Waals surface area contributed by atoms with Crippen LogP contribution in [0, 0.1) is 18.7 Å². The largest absolute Gasteiger partial charge is 0.481 e. The molecule has 1 fully saturated rings. The average Bonchev–Trinajstić information content (AvgIpc) is 2.57. The zero-order valence-electron chi connectivity index (χ0n) is 10.7. The van der Waals surface area contributed by atoms with Gasteiger partial charge in [0.1, 0.15) is 5.82 Å². The fourth-order valence-electron chi connectivity index (χ4n) is 2.99. The minimum absolute atomic E-state index is 0.0410. The molecule has 0 heterocycles. The van der Waals surface area contributed by atoms with Gasteiger partial charge in [0.2, 0.25) is 0 Å². The molecule has 98 valence electrons. The number of halogens is 1. The third-order valence-electron chi connectivity index (χ3n) is 3.97. The normalized spacial score (nSPS) is 24.6. The molecule has 18 heavy (non-hydrogen) atoms. The van der Waals surface area contributed by atoms with Crippen molar-refractivity contribution in [3.63, 3.8) is 0 Å². The number of carboxylic acids is 1. The first-order valence-electron chi connectivity index (χ1n) is 6.58. The van der Waals surface area contributed by atoms with E-state index in [4.69, 9.17) is 0 Å². The van der Waals surface area contributed by atoms with Gasteiger partial charge in [-0.05, 0) is 48.9 Å². The Morgan fingerprint density at radius 3 is 2.72 bits per heavy atom. The van der Waals surface area contributed by atoms with E-state index in [1.165, 1.54) is 12.1 Å². The molecule has 0 radical (unpaired) electrons. The van der Waals surface area contributed by atoms with Gasteiger partial charge < -0.3 is 5.11 Å². The van der Waals surface area contributed by atoms with Crippen LogP contribution in [0.1, 0.15) is 49.1 Å². The van der Waals surface area contributed by atoms with Crippen molar-refractivity contribution >= 4 is 5.97 Å². The minimum atomic E-state index is -0.745. The molecule has 2 atom stereocenters. The topological polar surface area (TPSA) is 37.3 Å². The summed E-state index contributed by atoms with van der Waals surface area (Å²) in [5.41, 5.74) is 1.87. The molecule has 1 aliphatic rings. The molecular weight excluding hydrogens is 231 g/mol. The molecule has 1 aromatic carbocycles. The van der Waals surface area contributed by atoms with E-state index >= 15 is 0 Å². The molecule has 1 aromatic rings. The number of carboxylic acid groups (broad SMARTS) is 1. The Morgan fingerprint density at radius 2 is 2.00 bits per heavy atom. The van der Waals surface area contributed by atoms with Gasteiger partial charge in [-0.1, -0.05) is 25.3 Å². The molecule has 3 heteroatoms. The molecule has 0 aliphatic heterocycles. The molecule has 2 nitrogen and oxygen atoms in total. The first-order valence-corrected chi connectivity index (χ1v) is 6.58. The quantitative estimate of drug-likeness (QED) is 0.809. The van der Waals surface area contributed by atoms with E-state index < -0.39 is 5.97 Å². The van der Waals surface area contributed by atoms with E-state index in [0.717, 1.165) is 36.8 Å². The van der Waals surface area contributed by atoms with E-state index in [9.17, 15) is 14.3 Å². The third kappa shape index (κ3) is 2.71. The van der Waals surface area contributed by atoms with Crippen molar-refractivity contribution in [3.05, 3.63) is 35.1 Å². The van der Waals surface area contributed by atoms with Crippen molar-refractivity contribution in [2.24, 2.45) is 5.92 Å². The molecular formula is C15H19FO2. The van der Waals surface area contributed by atoms with Crippen molar-refractivity contribution < 1.29 is 14.3 Å². The number of hydrogen-bond donors (Lipinski definition) is 1. The van der Waals surface area contributed by atoms with Gasteiger partial charge in [-0.25, -0.2) is 4.39 Å². The summed E-state index contributed by atoms with van der Waals surface area (Å²) >= 11 is 0. The lowest BCUT2D eigenvalue weighted by Gasteiger charge is -2.23. The summed E-state index contributed by atoms with van der Waals surface area (Å²) < 4.78 is 13.4. The fraction of sp³-hybridized carbons (Fsp3) is 0.533. The summed E-state index contributed by atoms with van der Waals surface area (Å²) in [6.07, 6.45) is 4.62. The number of hydrogen-bond acceptors (Lipinski definition) is 1. The summed E-state index contributed by atoms with van der Waals surface area (Å²) in [6, 6.07) is 4.70. The zero-order valence-corrected chi connectivity index (χ0v) is 10.7. The molecule has 1 saturated carbocycles. The Labute approximate surface area is 107 Å². The van der Waals surface area contributed by atoms with Crippen molar-refractivity contribution in [3.8, 4) is 0 Å². The van der Waals surface area contributed by atoms with Crippen LogP contribution in [0.2, 0.25) is 0 Å². The van der Waals surface area contributed by atoms with Crippen LogP contribution < -0.4 is 0 Å². The van der Waals surface area contributed by atoms with Crippen LogP contribution in [0.4, 0.5) is 4.39 Å². The Kier molecular flexibility index (Phi) is 4.00. The Balaban J connectivity index is 2.37. The van der Waals surface area contributed by atoms with E-state index in [2.05, 4.69) is 0 Å². The maximum Gasteiger partial charge on any atom is 0.307 e. The summed E-state index contributed by atoms with van der Waals surface area (Å²) in [7, 11) is 0. The number of aliphatic carboxylic acids is 1. The predicted octanol–water partition coefficient (Wildman–Crippen LogP) is 3.88. The van der Waals surface area contributed by atoms with Gasteiger partial charge in [-0.2, -0.15) is 0 Å². The Morgan fingerprint density at radius 1 is 1.28 bits per heavy atom. The van der Waals surface area contributed by atoms with Gasteiger partial charge in [0.05, 0.1) is 5.92 Å². The second-order valence-corrected chi connectivity index (χ2v) is 5.19. The van der Waals surface area contributed by atoms with E-state index in [1.54, 1.807) is 6.07 Å². The fourth-order valence-corrected chi connectivity index (χ4v) is 2.99. The van der Waals surface area contributed by atoms with Gasteiger partial charge in [-0.3, -0.25) is 4.79 Å². The van der Waals surface area contributed by atoms with Gasteiger partial charge in [-0.15, -0.1) is 0 Å². The van der Waals surface area contributed by atoms with Gasteiger partial charge in [0.25, 0.3) is 0 Å². The minimum Gasteiger partial charge on any atom is -0.481 e. The molecule has 0 bridgehead atoms. The summed E-state index contributed by atoms with van der Waals surface area (Å²) in [5.74, 6) is -1.43. The molecule has 1 aliphatic carbocycles. The monoisotopic (exact) mass is 250 g/mol. The van der Waals surface area contributed by atoms with Crippen LogP contribution in [0.5, 0.6) is 0 Å². The van der Waals surface area contributed by atoms with Gasteiger partial charge in [0.15, 0.2) is 0 Å². The number of benzene rings is 1. The van der Waals surface area contributed by atoms with E-state index in [-0.39, 0.29) is 17.7 Å². The lowest BCUT2D eigenvalue weighted by molar-refractivity contribution is -0.142. The smallest absolute Gasteiger partial charge is 0.307 e. The first kappa shape index (κ1) is 13.1. The van der Waals surface area contributed by atoms with Crippen LogP contribution in [0.25, 0.3) is 0 Å². The first-order chi connectivity index (χ1) is 8.59. The summed E-state index contributed by atoms with van der Waals surface area (Å²) in [5, 5.41) is 9.36. The van der Waals surface area contributed by atoms with Crippen molar-refractivity contribution in [1.29, 1.82) is 0 Å². The number of aryl methyl sites for hydroxylation is 1. The number of rotatable bonds is 2. The third-order valence-corrected chi connectivity index (χ3v) is 3.97.